The summed E-state index contributed by atoms with van der Waals surface area (Å²) >= 11 is 3.10. The van der Waals surface area contributed by atoms with Crippen LogP contribution < -0.4 is 10.9 Å². The molecule has 148 valence electrons. The summed E-state index contributed by atoms with van der Waals surface area (Å²) in [6.45, 7) is 1.60. The molecule has 8 heteroatoms. The Hall–Kier alpha value is -2.42. The molecule has 1 saturated heterocycles. The zero-order chi connectivity index (χ0) is 19.6. The van der Waals surface area contributed by atoms with Gasteiger partial charge < -0.3 is 14.5 Å². The van der Waals surface area contributed by atoms with Gasteiger partial charge in [0, 0.05) is 30.4 Å². The smallest absolute Gasteiger partial charge is 0.336 e. The number of fused-ring (bicyclic) bond motifs is 3. The Morgan fingerprint density at radius 3 is 3.03 bits per heavy atom. The van der Waals surface area contributed by atoms with Gasteiger partial charge in [-0.3, -0.25) is 0 Å². The van der Waals surface area contributed by atoms with E-state index >= 15 is 0 Å². The van der Waals surface area contributed by atoms with E-state index in [0.717, 1.165) is 57.2 Å². The molecule has 1 aliphatic rings. The number of nitrogens with zero attached hydrogens (tertiary/aromatic N) is 2. The second-order valence-electron chi connectivity index (χ2n) is 6.93. The van der Waals surface area contributed by atoms with Crippen LogP contribution in [0.4, 0.5) is 5.13 Å². The van der Waals surface area contributed by atoms with Crippen LogP contribution in [0.1, 0.15) is 18.4 Å². The van der Waals surface area contributed by atoms with E-state index in [1.165, 1.54) is 11.3 Å². The summed E-state index contributed by atoms with van der Waals surface area (Å²) in [6.07, 6.45) is 2.47. The number of nitrogens with one attached hydrogen (secondary N) is 1. The second-order valence-corrected chi connectivity index (χ2v) is 9.13. The molecule has 0 aliphatic carbocycles. The van der Waals surface area contributed by atoms with E-state index in [1.807, 2.05) is 24.3 Å². The first-order chi connectivity index (χ1) is 14.3. The van der Waals surface area contributed by atoms with Gasteiger partial charge in [-0.2, -0.15) is 0 Å². The molecule has 2 aromatic carbocycles. The summed E-state index contributed by atoms with van der Waals surface area (Å²) in [5, 5.41) is 15.8. The summed E-state index contributed by atoms with van der Waals surface area (Å²) in [6, 6.07) is 13.6. The molecule has 29 heavy (non-hydrogen) atoms. The van der Waals surface area contributed by atoms with Gasteiger partial charge >= 0.3 is 5.63 Å². The molecule has 1 fully saturated rings. The first-order valence-corrected chi connectivity index (χ1v) is 11.3. The monoisotopic (exact) mass is 425 g/mol. The predicted molar refractivity (Wildman–Crippen MR) is 117 cm³/mol. The van der Waals surface area contributed by atoms with Crippen molar-refractivity contribution in [1.82, 2.24) is 10.2 Å². The Labute approximate surface area is 175 Å². The molecule has 0 amide bonds. The lowest BCUT2D eigenvalue weighted by atomic mass is 10.0. The average molecular weight is 426 g/mol. The van der Waals surface area contributed by atoms with Crippen LogP contribution in [-0.4, -0.2) is 29.5 Å². The van der Waals surface area contributed by atoms with Crippen LogP contribution in [0.2, 0.25) is 0 Å². The molecule has 0 saturated carbocycles. The Bertz CT molecular complexity index is 1210. The average Bonchev–Trinajstić information content (AvgIpc) is 3.42. The molecule has 0 radical (unpaired) electrons. The molecule has 0 bridgehead atoms. The molecule has 5 rings (SSSR count). The Morgan fingerprint density at radius 2 is 2.14 bits per heavy atom. The quantitative estimate of drug-likeness (QED) is 0.273. The van der Waals surface area contributed by atoms with Crippen molar-refractivity contribution in [2.24, 2.45) is 0 Å². The van der Waals surface area contributed by atoms with Crippen LogP contribution in [0.25, 0.3) is 21.7 Å². The largest absolute Gasteiger partial charge is 0.423 e. The number of anilines is 1. The summed E-state index contributed by atoms with van der Waals surface area (Å²) in [4.78, 5) is 12.0. The van der Waals surface area contributed by atoms with Crippen molar-refractivity contribution in [1.29, 1.82) is 0 Å². The van der Waals surface area contributed by atoms with Crippen molar-refractivity contribution in [3.05, 3.63) is 58.4 Å². The van der Waals surface area contributed by atoms with Crippen LogP contribution >= 0.6 is 23.1 Å². The molecular formula is C21H19N3O3S2. The van der Waals surface area contributed by atoms with E-state index in [1.54, 1.807) is 17.8 Å². The van der Waals surface area contributed by atoms with Crippen LogP contribution in [0, 0.1) is 0 Å². The Morgan fingerprint density at radius 1 is 1.21 bits per heavy atom. The highest BCUT2D eigenvalue weighted by molar-refractivity contribution is 8.00. The lowest BCUT2D eigenvalue weighted by Crippen LogP contribution is -2.18. The Balaban J connectivity index is 1.36. The van der Waals surface area contributed by atoms with Crippen molar-refractivity contribution in [3.63, 3.8) is 0 Å². The predicted octanol–water partition coefficient (Wildman–Crippen LogP) is 4.68. The maximum absolute atomic E-state index is 12.0. The second kappa shape index (κ2) is 8.14. The number of thioether (sulfide) groups is 1. The Kier molecular flexibility index (Phi) is 5.22. The van der Waals surface area contributed by atoms with Crippen molar-refractivity contribution in [2.75, 3.05) is 18.5 Å². The van der Waals surface area contributed by atoms with Crippen molar-refractivity contribution >= 4 is 50.0 Å². The molecule has 2 aromatic heterocycles. The molecule has 3 heterocycles. The maximum Gasteiger partial charge on any atom is 0.336 e. The number of aromatic nitrogens is 2. The van der Waals surface area contributed by atoms with Gasteiger partial charge in [-0.1, -0.05) is 53.4 Å². The van der Waals surface area contributed by atoms with Gasteiger partial charge in [0.2, 0.25) is 5.13 Å². The lowest BCUT2D eigenvalue weighted by molar-refractivity contribution is 0.120. The van der Waals surface area contributed by atoms with Gasteiger partial charge in [-0.15, -0.1) is 10.2 Å². The van der Waals surface area contributed by atoms with E-state index in [-0.39, 0.29) is 11.7 Å². The minimum absolute atomic E-state index is 0.262. The van der Waals surface area contributed by atoms with Gasteiger partial charge in [-0.05, 0) is 35.2 Å². The van der Waals surface area contributed by atoms with Crippen LogP contribution in [0.3, 0.4) is 0 Å². The third-order valence-corrected chi connectivity index (χ3v) is 7.04. The maximum atomic E-state index is 12.0. The van der Waals surface area contributed by atoms with E-state index in [2.05, 4.69) is 27.6 Å². The zero-order valence-corrected chi connectivity index (χ0v) is 17.2. The number of ether oxygens (including phenoxy) is 1. The number of benzene rings is 2. The van der Waals surface area contributed by atoms with Gasteiger partial charge in [0.25, 0.3) is 0 Å². The minimum atomic E-state index is -0.334. The molecule has 1 atom stereocenters. The van der Waals surface area contributed by atoms with Gasteiger partial charge in [0.1, 0.15) is 5.58 Å². The molecule has 6 nitrogen and oxygen atoms in total. The van der Waals surface area contributed by atoms with Gasteiger partial charge in [0.15, 0.2) is 4.34 Å². The molecule has 1 N–H and O–H groups in total. The highest BCUT2D eigenvalue weighted by Crippen LogP contribution is 2.33. The third-order valence-electron chi connectivity index (χ3n) is 4.98. The highest BCUT2D eigenvalue weighted by Gasteiger charge is 2.16. The molecule has 4 aromatic rings. The summed E-state index contributed by atoms with van der Waals surface area (Å²) < 4.78 is 11.9. The fourth-order valence-electron chi connectivity index (χ4n) is 3.62. The first kappa shape index (κ1) is 18.6. The number of hydrogen-bond donors (Lipinski definition) is 1. The minimum Gasteiger partial charge on any atom is -0.423 e. The molecule has 1 aliphatic heterocycles. The summed E-state index contributed by atoms with van der Waals surface area (Å²) in [7, 11) is 0. The summed E-state index contributed by atoms with van der Waals surface area (Å²) in [5.41, 5.74) is 1.23. The van der Waals surface area contributed by atoms with Gasteiger partial charge in [0.05, 0.1) is 6.10 Å². The van der Waals surface area contributed by atoms with E-state index in [4.69, 9.17) is 9.15 Å². The van der Waals surface area contributed by atoms with Crippen LogP contribution in [-0.2, 0) is 10.5 Å². The molecule has 0 spiro atoms. The van der Waals surface area contributed by atoms with Crippen molar-refractivity contribution in [3.8, 4) is 0 Å². The van der Waals surface area contributed by atoms with E-state index < -0.39 is 0 Å². The highest BCUT2D eigenvalue weighted by atomic mass is 32.2. The fraction of sp³-hybridized carbons (Fsp3) is 0.286. The SMILES string of the molecule is O=c1cc(CSc2nnc(NCC3CCCO3)s2)c2c(ccc3ccccc32)o1. The van der Waals surface area contributed by atoms with Crippen LogP contribution in [0.15, 0.2) is 56.0 Å². The normalized spacial score (nSPS) is 16.6. The first-order valence-electron chi connectivity index (χ1n) is 9.52. The van der Waals surface area contributed by atoms with Crippen molar-refractivity contribution < 1.29 is 9.15 Å². The van der Waals surface area contributed by atoms with E-state index in [9.17, 15) is 4.79 Å². The molecule has 1 unspecified atom stereocenters. The molecular weight excluding hydrogens is 406 g/mol. The van der Waals surface area contributed by atoms with Crippen molar-refractivity contribution in [2.45, 2.75) is 29.0 Å². The summed E-state index contributed by atoms with van der Waals surface area (Å²) in [5.74, 6) is 0.622. The zero-order valence-electron chi connectivity index (χ0n) is 15.6. The number of rotatable bonds is 6. The standard InChI is InChI=1S/C21H19N3O3S2/c25-18-10-14(19-16-6-2-1-4-13(16)7-8-17(19)27-18)12-28-21-24-23-20(29-21)22-11-15-5-3-9-26-15/h1-2,4,6-8,10,15H,3,5,9,11-12H2,(H,22,23). The topological polar surface area (TPSA) is 77.2 Å². The fourth-order valence-corrected chi connectivity index (χ4v) is 5.36. The third kappa shape index (κ3) is 4.01. The van der Waals surface area contributed by atoms with E-state index in [0.29, 0.717) is 11.3 Å². The number of hydrogen-bond acceptors (Lipinski definition) is 8. The lowest BCUT2D eigenvalue weighted by Gasteiger charge is -2.08. The van der Waals surface area contributed by atoms with Crippen LogP contribution in [0.5, 0.6) is 0 Å². The van der Waals surface area contributed by atoms with Gasteiger partial charge in [-0.25, -0.2) is 4.79 Å².